The monoisotopic (exact) mass is 348 g/mol. The standard InChI is InChI=1S/C17H24N4O2S/c1-5-6-15-19-11(4)14(24-15)9-18-16(22)13-8-12(7-10(2)3)20-17(23)21-13/h8,10H,5-7,9H2,1-4H3,(H,18,22)(H,20,21,23). The van der Waals surface area contributed by atoms with E-state index in [9.17, 15) is 9.59 Å². The number of hydrogen-bond donors (Lipinski definition) is 2. The quantitative estimate of drug-likeness (QED) is 0.805. The van der Waals surface area contributed by atoms with Crippen molar-refractivity contribution in [2.24, 2.45) is 5.92 Å². The topological polar surface area (TPSA) is 87.7 Å². The van der Waals surface area contributed by atoms with E-state index in [0.29, 0.717) is 18.9 Å². The molecule has 24 heavy (non-hydrogen) atoms. The number of nitrogens with one attached hydrogen (secondary N) is 2. The van der Waals surface area contributed by atoms with E-state index in [-0.39, 0.29) is 11.6 Å². The number of H-pyrrole nitrogens is 1. The second-order valence-electron chi connectivity index (χ2n) is 6.24. The molecule has 0 atom stereocenters. The highest BCUT2D eigenvalue weighted by molar-refractivity contribution is 7.11. The molecule has 0 spiro atoms. The van der Waals surface area contributed by atoms with Crippen LogP contribution in [0, 0.1) is 12.8 Å². The lowest BCUT2D eigenvalue weighted by Gasteiger charge is -2.07. The second kappa shape index (κ2) is 8.19. The summed E-state index contributed by atoms with van der Waals surface area (Å²) in [5, 5.41) is 3.93. The Morgan fingerprint density at radius 1 is 1.38 bits per heavy atom. The minimum atomic E-state index is -0.488. The highest BCUT2D eigenvalue weighted by Crippen LogP contribution is 2.19. The zero-order valence-corrected chi connectivity index (χ0v) is 15.4. The average molecular weight is 348 g/mol. The van der Waals surface area contributed by atoms with Crippen molar-refractivity contribution in [1.29, 1.82) is 0 Å². The molecule has 1 amide bonds. The number of thiazole rings is 1. The first-order valence-corrected chi connectivity index (χ1v) is 9.04. The zero-order valence-electron chi connectivity index (χ0n) is 14.6. The summed E-state index contributed by atoms with van der Waals surface area (Å²) in [5.41, 5.74) is 1.35. The number of aromatic nitrogens is 3. The first kappa shape index (κ1) is 18.3. The molecule has 0 aliphatic rings. The molecule has 0 saturated carbocycles. The molecule has 0 aliphatic carbocycles. The summed E-state index contributed by atoms with van der Waals surface area (Å²) in [6.07, 6.45) is 2.70. The Bertz CT molecular complexity index is 764. The summed E-state index contributed by atoms with van der Waals surface area (Å²) < 4.78 is 0. The minimum absolute atomic E-state index is 0.158. The van der Waals surface area contributed by atoms with Crippen LogP contribution in [0.15, 0.2) is 10.9 Å². The molecule has 6 nitrogen and oxygen atoms in total. The molecule has 130 valence electrons. The van der Waals surface area contributed by atoms with E-state index in [0.717, 1.165) is 34.1 Å². The molecule has 0 radical (unpaired) electrons. The lowest BCUT2D eigenvalue weighted by molar-refractivity contribution is 0.0945. The highest BCUT2D eigenvalue weighted by Gasteiger charge is 2.13. The lowest BCUT2D eigenvalue weighted by atomic mass is 10.1. The van der Waals surface area contributed by atoms with Crippen molar-refractivity contribution in [2.75, 3.05) is 0 Å². The molecule has 0 bridgehead atoms. The fourth-order valence-corrected chi connectivity index (χ4v) is 3.51. The first-order valence-electron chi connectivity index (χ1n) is 8.22. The Morgan fingerprint density at radius 2 is 2.12 bits per heavy atom. The summed E-state index contributed by atoms with van der Waals surface area (Å²) >= 11 is 1.62. The normalized spacial score (nSPS) is 11.0. The Hall–Kier alpha value is -2.02. The van der Waals surface area contributed by atoms with Gasteiger partial charge in [-0.2, -0.15) is 4.98 Å². The van der Waals surface area contributed by atoms with Gasteiger partial charge in [-0.15, -0.1) is 11.3 Å². The van der Waals surface area contributed by atoms with Gasteiger partial charge in [-0.25, -0.2) is 9.78 Å². The van der Waals surface area contributed by atoms with Crippen molar-refractivity contribution in [3.05, 3.63) is 43.5 Å². The van der Waals surface area contributed by atoms with E-state index >= 15 is 0 Å². The van der Waals surface area contributed by atoms with Gasteiger partial charge in [0.2, 0.25) is 0 Å². The number of hydrogen-bond acceptors (Lipinski definition) is 5. The number of amides is 1. The van der Waals surface area contributed by atoms with Crippen LogP contribution in [-0.2, 0) is 19.4 Å². The van der Waals surface area contributed by atoms with Gasteiger partial charge in [-0.3, -0.25) is 4.79 Å². The summed E-state index contributed by atoms with van der Waals surface area (Å²) in [4.78, 5) is 36.0. The van der Waals surface area contributed by atoms with Crippen molar-refractivity contribution in [3.8, 4) is 0 Å². The van der Waals surface area contributed by atoms with E-state index in [1.807, 2.05) is 6.92 Å². The van der Waals surface area contributed by atoms with Crippen molar-refractivity contribution in [3.63, 3.8) is 0 Å². The van der Waals surface area contributed by atoms with Crippen LogP contribution in [0.25, 0.3) is 0 Å². The predicted molar refractivity (Wildman–Crippen MR) is 95.4 cm³/mol. The maximum atomic E-state index is 12.3. The van der Waals surface area contributed by atoms with Crippen LogP contribution in [0.5, 0.6) is 0 Å². The van der Waals surface area contributed by atoms with Gasteiger partial charge in [-0.05, 0) is 38.2 Å². The fourth-order valence-electron chi connectivity index (χ4n) is 2.40. The SMILES string of the molecule is CCCc1nc(C)c(CNC(=O)c2cc(CC(C)C)[nH]c(=O)n2)s1. The van der Waals surface area contributed by atoms with Crippen LogP contribution in [-0.4, -0.2) is 20.9 Å². The fraction of sp³-hybridized carbons (Fsp3) is 0.529. The van der Waals surface area contributed by atoms with Crippen molar-refractivity contribution in [1.82, 2.24) is 20.3 Å². The molecule has 2 aromatic heterocycles. The first-order chi connectivity index (χ1) is 11.4. The molecule has 7 heteroatoms. The van der Waals surface area contributed by atoms with Crippen LogP contribution in [0.2, 0.25) is 0 Å². The van der Waals surface area contributed by atoms with E-state index < -0.39 is 5.69 Å². The number of nitrogens with zero attached hydrogens (tertiary/aromatic N) is 2. The Morgan fingerprint density at radius 3 is 2.79 bits per heavy atom. The molecule has 0 saturated heterocycles. The number of aryl methyl sites for hydroxylation is 2. The van der Waals surface area contributed by atoms with Gasteiger partial charge in [-0.1, -0.05) is 20.8 Å². The number of carbonyl (C=O) groups excluding carboxylic acids is 1. The molecule has 2 N–H and O–H groups in total. The third kappa shape index (κ3) is 4.99. The second-order valence-corrected chi connectivity index (χ2v) is 7.41. The number of aromatic amines is 1. The van der Waals surface area contributed by atoms with Crippen LogP contribution < -0.4 is 11.0 Å². The number of rotatable bonds is 7. The summed E-state index contributed by atoms with van der Waals surface area (Å²) in [5.74, 6) is 0.0479. The van der Waals surface area contributed by atoms with Crippen LogP contribution >= 0.6 is 11.3 Å². The van der Waals surface area contributed by atoms with Gasteiger partial charge in [0.05, 0.1) is 17.2 Å². The van der Waals surface area contributed by atoms with E-state index in [2.05, 4.69) is 41.0 Å². The molecule has 0 aliphatic heterocycles. The Labute approximate surface area is 145 Å². The predicted octanol–water partition coefficient (Wildman–Crippen LogP) is 2.62. The molecule has 2 aromatic rings. The molecule has 2 heterocycles. The Balaban J connectivity index is 2.07. The van der Waals surface area contributed by atoms with Crippen LogP contribution in [0.1, 0.15) is 59.0 Å². The van der Waals surface area contributed by atoms with Gasteiger partial charge in [0, 0.05) is 10.6 Å². The minimum Gasteiger partial charge on any atom is -0.346 e. The summed E-state index contributed by atoms with van der Waals surface area (Å²) in [6.45, 7) is 8.58. The van der Waals surface area contributed by atoms with E-state index in [4.69, 9.17) is 0 Å². The van der Waals surface area contributed by atoms with Crippen molar-refractivity contribution < 1.29 is 4.79 Å². The summed E-state index contributed by atoms with van der Waals surface area (Å²) in [7, 11) is 0. The molecule has 2 rings (SSSR count). The van der Waals surface area contributed by atoms with Crippen LogP contribution in [0.3, 0.4) is 0 Å². The van der Waals surface area contributed by atoms with Gasteiger partial charge in [0.15, 0.2) is 0 Å². The molecule has 0 unspecified atom stereocenters. The van der Waals surface area contributed by atoms with Gasteiger partial charge in [0.1, 0.15) is 5.69 Å². The maximum Gasteiger partial charge on any atom is 0.345 e. The van der Waals surface area contributed by atoms with Gasteiger partial charge in [0.25, 0.3) is 5.91 Å². The van der Waals surface area contributed by atoms with Crippen molar-refractivity contribution in [2.45, 2.75) is 53.5 Å². The highest BCUT2D eigenvalue weighted by atomic mass is 32.1. The number of carbonyl (C=O) groups is 1. The molecular formula is C17H24N4O2S. The zero-order chi connectivity index (χ0) is 17.7. The Kier molecular flexibility index (Phi) is 6.25. The van der Waals surface area contributed by atoms with Crippen LogP contribution in [0.4, 0.5) is 0 Å². The third-order valence-corrected chi connectivity index (χ3v) is 4.69. The van der Waals surface area contributed by atoms with E-state index in [1.54, 1.807) is 17.4 Å². The largest absolute Gasteiger partial charge is 0.346 e. The summed E-state index contributed by atoms with van der Waals surface area (Å²) in [6, 6.07) is 1.65. The smallest absolute Gasteiger partial charge is 0.345 e. The van der Waals surface area contributed by atoms with Gasteiger partial charge < -0.3 is 10.3 Å². The third-order valence-electron chi connectivity index (χ3n) is 3.47. The molecular weight excluding hydrogens is 324 g/mol. The lowest BCUT2D eigenvalue weighted by Crippen LogP contribution is -2.27. The molecule has 0 fully saturated rings. The maximum absolute atomic E-state index is 12.3. The molecule has 0 aromatic carbocycles. The average Bonchev–Trinajstić information content (AvgIpc) is 2.83. The van der Waals surface area contributed by atoms with E-state index in [1.165, 1.54) is 0 Å². The van der Waals surface area contributed by atoms with Crippen molar-refractivity contribution >= 4 is 17.2 Å². The van der Waals surface area contributed by atoms with Gasteiger partial charge >= 0.3 is 5.69 Å².